The SMILES string of the molecule is Cl.Cl.Cl.Cl.Cl.Cl.[H-].[Li+]. The second-order valence-electron chi connectivity index (χ2n) is 0. The summed E-state index contributed by atoms with van der Waals surface area (Å²) >= 11 is 0. The van der Waals surface area contributed by atoms with Gasteiger partial charge in [0.25, 0.3) is 0 Å². The largest absolute Gasteiger partial charge is 1.00 e. The first-order valence-corrected chi connectivity index (χ1v) is 0. The van der Waals surface area contributed by atoms with Crippen LogP contribution in [0.1, 0.15) is 1.43 Å². The summed E-state index contributed by atoms with van der Waals surface area (Å²) in [6, 6.07) is 0. The molecule has 7 heavy (non-hydrogen) atoms. The third-order valence-corrected chi connectivity index (χ3v) is 0. The minimum atomic E-state index is 0. The van der Waals surface area contributed by atoms with Crippen LogP contribution in [-0.2, 0) is 0 Å². The average molecular weight is 227 g/mol. The quantitative estimate of drug-likeness (QED) is 0.496. The van der Waals surface area contributed by atoms with Crippen LogP contribution in [0.3, 0.4) is 0 Å². The topological polar surface area (TPSA) is 0 Å². The van der Waals surface area contributed by atoms with Crippen LogP contribution in [0, 0.1) is 0 Å². The van der Waals surface area contributed by atoms with Crippen LogP contribution in [0.2, 0.25) is 0 Å². The molecule has 0 fully saturated rings. The molecule has 0 atom stereocenters. The maximum absolute atomic E-state index is 0. The van der Waals surface area contributed by atoms with Crippen molar-refractivity contribution in [1.82, 2.24) is 0 Å². The molecule has 0 aliphatic carbocycles. The van der Waals surface area contributed by atoms with Gasteiger partial charge in [0.2, 0.25) is 0 Å². The molecule has 0 aliphatic heterocycles. The first-order valence-electron chi connectivity index (χ1n) is 0. The molecule has 0 N–H and O–H groups in total. The van der Waals surface area contributed by atoms with Crippen molar-refractivity contribution in [3.05, 3.63) is 0 Å². The summed E-state index contributed by atoms with van der Waals surface area (Å²) in [5.41, 5.74) is 0. The maximum Gasteiger partial charge on any atom is 1.00 e. The Kier molecular flexibility index (Phi) is 1390. The van der Waals surface area contributed by atoms with Crippen LogP contribution < -0.4 is 18.9 Å². The Bertz CT molecular complexity index is 8.49. The van der Waals surface area contributed by atoms with Crippen LogP contribution in [-0.4, -0.2) is 0 Å². The van der Waals surface area contributed by atoms with Gasteiger partial charge in [-0.25, -0.2) is 0 Å². The summed E-state index contributed by atoms with van der Waals surface area (Å²) in [6.07, 6.45) is 0. The van der Waals surface area contributed by atoms with E-state index >= 15 is 0 Å². The predicted octanol–water partition coefficient (Wildman–Crippen LogP) is -0.353. The normalized spacial score (nSPS) is 0. The maximum atomic E-state index is 0. The summed E-state index contributed by atoms with van der Waals surface area (Å²) in [5, 5.41) is 0. The van der Waals surface area contributed by atoms with Crippen molar-refractivity contribution in [2.24, 2.45) is 0 Å². The Morgan fingerprint density at radius 3 is 0.429 bits per heavy atom. The molecule has 0 unspecified atom stereocenters. The first kappa shape index (κ1) is 119. The monoisotopic (exact) mass is 224 g/mol. The zero-order valence-corrected chi connectivity index (χ0v) is 8.35. The van der Waals surface area contributed by atoms with Gasteiger partial charge in [-0.1, -0.05) is 0 Å². The van der Waals surface area contributed by atoms with E-state index in [1.807, 2.05) is 0 Å². The van der Waals surface area contributed by atoms with Crippen LogP contribution in [0.15, 0.2) is 0 Å². The Hall–Kier alpha value is 2.34. The Balaban J connectivity index is 0. The number of hydrogen-bond donors (Lipinski definition) is 0. The van der Waals surface area contributed by atoms with Gasteiger partial charge in [-0.05, 0) is 0 Å². The van der Waals surface area contributed by atoms with Gasteiger partial charge in [0.15, 0.2) is 0 Å². The van der Waals surface area contributed by atoms with Gasteiger partial charge in [0.1, 0.15) is 0 Å². The van der Waals surface area contributed by atoms with Crippen molar-refractivity contribution in [2.45, 2.75) is 0 Å². The molecule has 0 bridgehead atoms. The Labute approximate surface area is 94.1 Å². The molecule has 0 rings (SSSR count). The van der Waals surface area contributed by atoms with E-state index in [0.29, 0.717) is 0 Å². The summed E-state index contributed by atoms with van der Waals surface area (Å²) < 4.78 is 0. The summed E-state index contributed by atoms with van der Waals surface area (Å²) in [7, 11) is 0. The van der Waals surface area contributed by atoms with Gasteiger partial charge in [-0.2, -0.15) is 0 Å². The van der Waals surface area contributed by atoms with Gasteiger partial charge in [-0.15, -0.1) is 74.4 Å². The van der Waals surface area contributed by atoms with Gasteiger partial charge in [-0.3, -0.25) is 0 Å². The average Bonchev–Trinajstić information content (AvgIpc) is 0. The molecule has 0 saturated carbocycles. The van der Waals surface area contributed by atoms with E-state index < -0.39 is 0 Å². The predicted molar refractivity (Wildman–Crippen MR) is 44.6 cm³/mol. The molecule has 7 heteroatoms. The van der Waals surface area contributed by atoms with Gasteiger partial charge >= 0.3 is 18.9 Å². The van der Waals surface area contributed by atoms with Crippen molar-refractivity contribution >= 4 is 74.4 Å². The molecule has 0 nitrogen and oxygen atoms in total. The second kappa shape index (κ2) is 82.2. The Morgan fingerprint density at radius 2 is 0.429 bits per heavy atom. The molecular weight excluding hydrogens is 220 g/mol. The zero-order chi connectivity index (χ0) is 0. The van der Waals surface area contributed by atoms with Crippen LogP contribution >= 0.6 is 74.4 Å². The molecule has 0 radical (unpaired) electrons. The molecule has 0 aromatic heterocycles. The number of hydrogen-bond acceptors (Lipinski definition) is 0. The van der Waals surface area contributed by atoms with E-state index in [-0.39, 0.29) is 94.7 Å². The molecule has 0 aromatic carbocycles. The van der Waals surface area contributed by atoms with Gasteiger partial charge in [0.05, 0.1) is 0 Å². The molecule has 0 amide bonds. The molecular formula is H7Cl6Li. The number of halogens is 6. The smallest absolute Gasteiger partial charge is 1.00 e. The van der Waals surface area contributed by atoms with Crippen LogP contribution in [0.25, 0.3) is 0 Å². The third-order valence-electron chi connectivity index (χ3n) is 0. The van der Waals surface area contributed by atoms with Crippen molar-refractivity contribution in [1.29, 1.82) is 0 Å². The van der Waals surface area contributed by atoms with Crippen molar-refractivity contribution < 1.29 is 20.3 Å². The van der Waals surface area contributed by atoms with E-state index in [4.69, 9.17) is 0 Å². The molecule has 0 spiro atoms. The zero-order valence-electron chi connectivity index (χ0n) is 4.45. The van der Waals surface area contributed by atoms with E-state index in [0.717, 1.165) is 0 Å². The summed E-state index contributed by atoms with van der Waals surface area (Å²) in [4.78, 5) is 0. The fourth-order valence-electron chi connectivity index (χ4n) is 0. The second-order valence-corrected chi connectivity index (χ2v) is 0. The molecule has 0 aliphatic rings. The Morgan fingerprint density at radius 1 is 0.429 bits per heavy atom. The minimum absolute atomic E-state index is 0. The fraction of sp³-hybridized carbons (Fsp3) is 0. The third kappa shape index (κ3) is 61.3. The van der Waals surface area contributed by atoms with Crippen molar-refractivity contribution in [3.63, 3.8) is 0 Å². The molecule has 0 aromatic rings. The van der Waals surface area contributed by atoms with E-state index in [2.05, 4.69) is 0 Å². The van der Waals surface area contributed by atoms with Gasteiger partial charge < -0.3 is 1.43 Å². The van der Waals surface area contributed by atoms with Crippen LogP contribution in [0.4, 0.5) is 0 Å². The summed E-state index contributed by atoms with van der Waals surface area (Å²) in [5.74, 6) is 0. The van der Waals surface area contributed by atoms with Crippen molar-refractivity contribution in [2.75, 3.05) is 0 Å². The van der Waals surface area contributed by atoms with Gasteiger partial charge in [0, 0.05) is 0 Å². The standard InChI is InChI=1S/6ClH.Li.H/h6*1H;;/q;;;;;;+1;-1. The number of rotatable bonds is 0. The van der Waals surface area contributed by atoms with E-state index in [1.165, 1.54) is 0 Å². The summed E-state index contributed by atoms with van der Waals surface area (Å²) in [6.45, 7) is 0. The van der Waals surface area contributed by atoms with Crippen LogP contribution in [0.5, 0.6) is 0 Å². The molecule has 50 valence electrons. The molecule has 0 saturated heterocycles. The van der Waals surface area contributed by atoms with E-state index in [1.54, 1.807) is 0 Å². The van der Waals surface area contributed by atoms with E-state index in [9.17, 15) is 0 Å². The first-order chi connectivity index (χ1) is 0. The minimum Gasteiger partial charge on any atom is -1.00 e. The molecule has 0 heterocycles. The fourth-order valence-corrected chi connectivity index (χ4v) is 0. The van der Waals surface area contributed by atoms with Crippen molar-refractivity contribution in [3.8, 4) is 0 Å².